The van der Waals surface area contributed by atoms with Crippen LogP contribution in [0.4, 0.5) is 0 Å². The van der Waals surface area contributed by atoms with E-state index < -0.39 is 11.9 Å². The third-order valence-corrected chi connectivity index (χ3v) is 5.80. The van der Waals surface area contributed by atoms with Crippen LogP contribution >= 0.6 is 0 Å². The van der Waals surface area contributed by atoms with Crippen LogP contribution in [0.5, 0.6) is 5.75 Å². The smallest absolute Gasteiger partial charge is 0.336 e. The molecule has 0 saturated heterocycles. The SMILES string of the molecule is CCOC(=O)C1=C(C)NC2=C(C(=O)CC(c3ccccc3)C2)C1c1cccc(O)c1. The van der Waals surface area contributed by atoms with E-state index in [1.54, 1.807) is 25.1 Å². The van der Waals surface area contributed by atoms with Gasteiger partial charge in [0.05, 0.1) is 12.2 Å². The quantitative estimate of drug-likeness (QED) is 0.744. The molecule has 2 aliphatic rings. The molecule has 0 fully saturated rings. The summed E-state index contributed by atoms with van der Waals surface area (Å²) in [6, 6.07) is 16.8. The summed E-state index contributed by atoms with van der Waals surface area (Å²) >= 11 is 0. The minimum absolute atomic E-state index is 0.0141. The van der Waals surface area contributed by atoms with Gasteiger partial charge >= 0.3 is 5.97 Å². The van der Waals surface area contributed by atoms with Gasteiger partial charge in [0.25, 0.3) is 0 Å². The third kappa shape index (κ3) is 3.63. The van der Waals surface area contributed by atoms with E-state index in [0.717, 1.165) is 11.3 Å². The molecule has 1 aliphatic heterocycles. The number of ketones is 1. The Bertz CT molecular complexity index is 1050. The van der Waals surface area contributed by atoms with Crippen LogP contribution in [0, 0.1) is 0 Å². The lowest BCUT2D eigenvalue weighted by molar-refractivity contribution is -0.138. The van der Waals surface area contributed by atoms with Gasteiger partial charge in [0.2, 0.25) is 0 Å². The number of rotatable bonds is 4. The Morgan fingerprint density at radius 2 is 1.83 bits per heavy atom. The van der Waals surface area contributed by atoms with Gasteiger partial charge in [-0.15, -0.1) is 0 Å². The van der Waals surface area contributed by atoms with Crippen LogP contribution in [0.15, 0.2) is 77.1 Å². The van der Waals surface area contributed by atoms with Gasteiger partial charge in [-0.1, -0.05) is 42.5 Å². The molecule has 5 nitrogen and oxygen atoms in total. The first-order valence-electron chi connectivity index (χ1n) is 10.2. The van der Waals surface area contributed by atoms with E-state index in [1.807, 2.05) is 43.3 Å². The minimum atomic E-state index is -0.559. The number of benzene rings is 2. The number of carbonyl (C=O) groups excluding carboxylic acids is 2. The zero-order chi connectivity index (χ0) is 21.3. The molecule has 0 bridgehead atoms. The molecule has 154 valence electrons. The normalized spacial score (nSPS) is 21.2. The second kappa shape index (κ2) is 8.19. The molecule has 0 amide bonds. The van der Waals surface area contributed by atoms with Crippen molar-refractivity contribution < 1.29 is 19.4 Å². The van der Waals surface area contributed by atoms with Crippen LogP contribution in [0.1, 0.15) is 49.7 Å². The fraction of sp³-hybridized carbons (Fsp3) is 0.280. The second-order valence-corrected chi connectivity index (χ2v) is 7.74. The Labute approximate surface area is 176 Å². The monoisotopic (exact) mass is 403 g/mol. The van der Waals surface area contributed by atoms with Crippen LogP contribution in [-0.4, -0.2) is 23.5 Å². The highest BCUT2D eigenvalue weighted by molar-refractivity contribution is 6.04. The van der Waals surface area contributed by atoms with E-state index >= 15 is 0 Å². The van der Waals surface area contributed by atoms with Crippen LogP contribution in [-0.2, 0) is 14.3 Å². The first-order valence-corrected chi connectivity index (χ1v) is 10.2. The van der Waals surface area contributed by atoms with Crippen LogP contribution in [0.25, 0.3) is 0 Å². The number of allylic oxidation sites excluding steroid dienone is 3. The van der Waals surface area contributed by atoms with Gasteiger partial charge in [-0.3, -0.25) is 4.79 Å². The van der Waals surface area contributed by atoms with Crippen molar-refractivity contribution >= 4 is 11.8 Å². The Balaban J connectivity index is 1.81. The number of ether oxygens (including phenoxy) is 1. The largest absolute Gasteiger partial charge is 0.508 e. The van der Waals surface area contributed by atoms with Crippen LogP contribution in [0.2, 0.25) is 0 Å². The molecule has 1 heterocycles. The molecule has 2 N–H and O–H groups in total. The maximum absolute atomic E-state index is 13.4. The van der Waals surface area contributed by atoms with Gasteiger partial charge in [-0.2, -0.15) is 0 Å². The minimum Gasteiger partial charge on any atom is -0.508 e. The number of hydrogen-bond acceptors (Lipinski definition) is 5. The van der Waals surface area contributed by atoms with Crippen LogP contribution in [0.3, 0.4) is 0 Å². The van der Waals surface area contributed by atoms with E-state index in [9.17, 15) is 14.7 Å². The van der Waals surface area contributed by atoms with Gasteiger partial charge in [-0.05, 0) is 49.4 Å². The molecule has 0 radical (unpaired) electrons. The van der Waals surface area contributed by atoms with Crippen molar-refractivity contribution in [2.24, 2.45) is 0 Å². The van der Waals surface area contributed by atoms with Crippen molar-refractivity contribution in [2.75, 3.05) is 6.61 Å². The summed E-state index contributed by atoms with van der Waals surface area (Å²) in [5.41, 5.74) is 4.39. The number of Topliss-reactive ketones (excluding diaryl/α,β-unsaturated/α-hetero) is 1. The molecule has 2 unspecified atom stereocenters. The number of aromatic hydroxyl groups is 1. The molecule has 0 spiro atoms. The number of dihydropyridines is 1. The number of hydrogen-bond donors (Lipinski definition) is 2. The Kier molecular flexibility index (Phi) is 5.44. The number of nitrogens with one attached hydrogen (secondary N) is 1. The fourth-order valence-corrected chi connectivity index (χ4v) is 4.52. The first kappa shape index (κ1) is 20.0. The lowest BCUT2D eigenvalue weighted by atomic mass is 9.71. The van der Waals surface area contributed by atoms with Crippen LogP contribution < -0.4 is 5.32 Å². The number of esters is 1. The molecule has 5 heteroatoms. The number of carbonyl (C=O) groups is 2. The van der Waals surface area contributed by atoms with E-state index in [0.29, 0.717) is 35.2 Å². The maximum Gasteiger partial charge on any atom is 0.336 e. The highest BCUT2D eigenvalue weighted by Gasteiger charge is 2.41. The van der Waals surface area contributed by atoms with E-state index in [4.69, 9.17) is 4.74 Å². The molecule has 30 heavy (non-hydrogen) atoms. The number of phenolic OH excluding ortho intramolecular Hbond substituents is 1. The summed E-state index contributed by atoms with van der Waals surface area (Å²) in [5, 5.41) is 13.4. The van der Waals surface area contributed by atoms with E-state index in [-0.39, 0.29) is 24.1 Å². The molecule has 0 aromatic heterocycles. The average molecular weight is 403 g/mol. The summed E-state index contributed by atoms with van der Waals surface area (Å²) in [6.07, 6.45) is 1.07. The second-order valence-electron chi connectivity index (χ2n) is 7.74. The summed E-state index contributed by atoms with van der Waals surface area (Å²) in [6.45, 7) is 3.84. The van der Waals surface area contributed by atoms with Gasteiger partial charge < -0.3 is 15.2 Å². The molecule has 0 saturated carbocycles. The number of phenols is 1. The van der Waals surface area contributed by atoms with Crippen molar-refractivity contribution in [3.05, 3.63) is 88.3 Å². The van der Waals surface area contributed by atoms with Gasteiger partial charge in [0.1, 0.15) is 5.75 Å². The van der Waals surface area contributed by atoms with Crippen molar-refractivity contribution in [2.45, 2.75) is 38.5 Å². The molecular formula is C25H25NO4. The Morgan fingerprint density at radius 3 is 2.53 bits per heavy atom. The first-order chi connectivity index (χ1) is 14.5. The molecular weight excluding hydrogens is 378 g/mol. The molecule has 2 atom stereocenters. The average Bonchev–Trinajstić information content (AvgIpc) is 2.73. The summed E-state index contributed by atoms with van der Waals surface area (Å²) in [7, 11) is 0. The van der Waals surface area contributed by atoms with Crippen molar-refractivity contribution in [3.63, 3.8) is 0 Å². The Morgan fingerprint density at radius 1 is 1.10 bits per heavy atom. The zero-order valence-electron chi connectivity index (χ0n) is 17.1. The maximum atomic E-state index is 13.4. The summed E-state index contributed by atoms with van der Waals surface area (Å²) < 4.78 is 5.31. The highest BCUT2D eigenvalue weighted by Crippen LogP contribution is 2.46. The standard InChI is InChI=1S/C25H25NO4/c1-3-30-25(29)22-15(2)26-20-13-18(16-8-5-4-6-9-16)14-21(28)24(20)23(22)17-10-7-11-19(27)12-17/h4-12,18,23,26-27H,3,13-14H2,1-2H3. The predicted octanol–water partition coefficient (Wildman–Crippen LogP) is 4.32. The van der Waals surface area contributed by atoms with Crippen molar-refractivity contribution in [1.82, 2.24) is 5.32 Å². The predicted molar refractivity (Wildman–Crippen MR) is 114 cm³/mol. The topological polar surface area (TPSA) is 75.6 Å². The Hall–Kier alpha value is -3.34. The van der Waals surface area contributed by atoms with E-state index in [1.165, 1.54) is 0 Å². The molecule has 2 aromatic rings. The zero-order valence-corrected chi connectivity index (χ0v) is 17.1. The fourth-order valence-electron chi connectivity index (χ4n) is 4.52. The summed E-state index contributed by atoms with van der Waals surface area (Å²) in [4.78, 5) is 26.2. The third-order valence-electron chi connectivity index (χ3n) is 5.80. The molecule has 4 rings (SSSR count). The lowest BCUT2D eigenvalue weighted by Crippen LogP contribution is -2.36. The van der Waals surface area contributed by atoms with Gasteiger partial charge in [0.15, 0.2) is 5.78 Å². The highest BCUT2D eigenvalue weighted by atomic mass is 16.5. The van der Waals surface area contributed by atoms with Crippen molar-refractivity contribution in [1.29, 1.82) is 0 Å². The van der Waals surface area contributed by atoms with Crippen molar-refractivity contribution in [3.8, 4) is 5.75 Å². The lowest BCUT2D eigenvalue weighted by Gasteiger charge is -2.36. The molecule has 2 aromatic carbocycles. The van der Waals surface area contributed by atoms with Gasteiger partial charge in [-0.25, -0.2) is 4.79 Å². The van der Waals surface area contributed by atoms with E-state index in [2.05, 4.69) is 5.32 Å². The molecule has 1 aliphatic carbocycles. The van der Waals surface area contributed by atoms with Gasteiger partial charge in [0, 0.05) is 29.3 Å². The summed E-state index contributed by atoms with van der Waals surface area (Å²) in [5.74, 6) is -0.802.